The number of fused-ring (bicyclic) bond motifs is 3. The lowest BCUT2D eigenvalue weighted by Gasteiger charge is -2.33. The van der Waals surface area contributed by atoms with Gasteiger partial charge >= 0.3 is 12.4 Å². The lowest BCUT2D eigenvalue weighted by atomic mass is 10.1. The van der Waals surface area contributed by atoms with Gasteiger partial charge in [-0.25, -0.2) is 44.6 Å². The summed E-state index contributed by atoms with van der Waals surface area (Å²) in [5.41, 5.74) is -0.637. The Kier molecular flexibility index (Phi) is 10.0. The number of carbonyl (C=O) groups is 1. The van der Waals surface area contributed by atoms with E-state index in [4.69, 9.17) is 4.98 Å². The molecule has 10 rings (SSSR count). The van der Waals surface area contributed by atoms with Gasteiger partial charge in [-0.2, -0.15) is 26.3 Å². The third kappa shape index (κ3) is 8.05. The van der Waals surface area contributed by atoms with E-state index in [1.165, 1.54) is 44.9 Å². The van der Waals surface area contributed by atoms with E-state index in [0.717, 1.165) is 41.9 Å². The molecule has 1 atom stereocenters. The van der Waals surface area contributed by atoms with E-state index >= 15 is 0 Å². The van der Waals surface area contributed by atoms with Crippen molar-refractivity contribution >= 4 is 40.2 Å². The predicted molar refractivity (Wildman–Crippen MR) is 224 cm³/mol. The van der Waals surface area contributed by atoms with Crippen LogP contribution in [0.2, 0.25) is 0 Å². The summed E-state index contributed by atoms with van der Waals surface area (Å²) in [5, 5.41) is 11.2. The van der Waals surface area contributed by atoms with Crippen molar-refractivity contribution in [2.24, 2.45) is 0 Å². The van der Waals surface area contributed by atoms with Crippen LogP contribution in [-0.2, 0) is 30.9 Å². The van der Waals surface area contributed by atoms with Crippen molar-refractivity contribution in [3.8, 4) is 33.6 Å². The number of carbonyl (C=O) groups excluding carboxylic acids is 1. The molecule has 0 spiro atoms. The highest BCUT2D eigenvalue weighted by Gasteiger charge is 2.36. The second-order valence-corrected chi connectivity index (χ2v) is 17.8. The Bertz CT molecular complexity index is 3110. The van der Waals surface area contributed by atoms with Crippen LogP contribution in [0.1, 0.15) is 65.9 Å². The fourth-order valence-electron chi connectivity index (χ4n) is 7.86. The molecule has 0 unspecified atom stereocenters. The number of amides is 1. The highest BCUT2D eigenvalue weighted by Crippen LogP contribution is 2.40. The van der Waals surface area contributed by atoms with Gasteiger partial charge in [0.15, 0.2) is 40.0 Å². The number of thiophene rings is 1. The smallest absolute Gasteiger partial charge is 0.354 e. The molecule has 1 N–H and O–H groups in total. The van der Waals surface area contributed by atoms with Gasteiger partial charge in [-0.15, -0.1) is 16.4 Å². The number of aromatic nitrogens is 13. The molecule has 334 valence electrons. The summed E-state index contributed by atoms with van der Waals surface area (Å²) in [4.78, 5) is 53.0. The van der Waals surface area contributed by atoms with Crippen molar-refractivity contribution in [1.29, 1.82) is 0 Å². The average Bonchev–Trinajstić information content (AvgIpc) is 4.11. The number of alkyl halides is 6. The zero-order chi connectivity index (χ0) is 45.4. The number of nitrogens with zero attached hydrogens (tertiary/aromatic N) is 15. The Balaban J connectivity index is 0.910. The van der Waals surface area contributed by atoms with Crippen molar-refractivity contribution in [2.75, 3.05) is 29.4 Å². The van der Waals surface area contributed by atoms with Crippen molar-refractivity contribution in [3.05, 3.63) is 95.3 Å². The van der Waals surface area contributed by atoms with E-state index in [-0.39, 0.29) is 63.2 Å². The van der Waals surface area contributed by atoms with Crippen LogP contribution in [0.15, 0.2) is 67.8 Å². The SMILES string of the molecule is CC(C)(C)n1cc(C(=O)N[C@H]2CCCN(c3ccnc(-c4cnc5c(-c6cc7c(s6)CCN(c6ccnc(-c8cnc9cnc(C(F)(F)F)cn89)n6)C7)nc(C(F)(F)F)cn45)n3)C2)nn1. The van der Waals surface area contributed by atoms with Crippen LogP contribution in [0.3, 0.4) is 0 Å². The van der Waals surface area contributed by atoms with Crippen molar-refractivity contribution in [1.82, 2.24) is 69.0 Å². The molecule has 2 aliphatic heterocycles. The van der Waals surface area contributed by atoms with E-state index in [1.54, 1.807) is 29.1 Å². The van der Waals surface area contributed by atoms with Crippen LogP contribution in [0.5, 0.6) is 0 Å². The molecule has 1 amide bonds. The fraction of sp³-hybridized carbons (Fsp3) is 0.341. The molecular formula is C41H36F6N16OS. The average molecular weight is 915 g/mol. The van der Waals surface area contributed by atoms with E-state index in [1.807, 2.05) is 30.6 Å². The largest absolute Gasteiger partial charge is 0.434 e. The predicted octanol–water partition coefficient (Wildman–Crippen LogP) is 6.76. The first-order chi connectivity index (χ1) is 31.0. The van der Waals surface area contributed by atoms with Crippen LogP contribution < -0.4 is 15.1 Å². The van der Waals surface area contributed by atoms with Gasteiger partial charge in [-0.3, -0.25) is 13.6 Å². The second kappa shape index (κ2) is 15.6. The van der Waals surface area contributed by atoms with Gasteiger partial charge in [0.1, 0.15) is 28.7 Å². The lowest BCUT2D eigenvalue weighted by molar-refractivity contribution is -0.142. The first-order valence-corrected chi connectivity index (χ1v) is 21.2. The Hall–Kier alpha value is -7.11. The number of anilines is 2. The standard InChI is InChI=1S/C41H36F6N16OS/c1-39(2,3)63-19-24(57-58-63)38(64)53-23-5-4-11-59(18-23)31-6-9-49-36(55-31)26-15-52-37-34(54-30(21-62(26)37)41(45,46)47)28-13-22-17-60(12-8-27(22)65-28)32-7-10-48-35(56-32)25-14-51-33-16-50-29(20-61(25)33)40(42,43)44/h6-7,9-10,13-16,19-21,23H,4-5,8,11-12,17-18H2,1-3H3,(H,53,64)/t23-/m0/s1. The maximum atomic E-state index is 14.6. The Morgan fingerprint density at radius 1 is 0.785 bits per heavy atom. The normalized spacial score (nSPS) is 16.1. The number of nitrogens with one attached hydrogen (secondary N) is 1. The van der Waals surface area contributed by atoms with Gasteiger partial charge in [0.2, 0.25) is 0 Å². The minimum atomic E-state index is -4.80. The number of imidazole rings is 2. The zero-order valence-corrected chi connectivity index (χ0v) is 35.5. The molecule has 65 heavy (non-hydrogen) atoms. The molecule has 0 saturated carbocycles. The summed E-state index contributed by atoms with van der Waals surface area (Å²) in [6.07, 6.45) is 2.76. The minimum Gasteiger partial charge on any atom is -0.354 e. The number of halogens is 6. The summed E-state index contributed by atoms with van der Waals surface area (Å²) in [5.74, 6) is 0.987. The molecule has 2 aliphatic rings. The summed E-state index contributed by atoms with van der Waals surface area (Å²) in [7, 11) is 0. The number of piperidine rings is 1. The summed E-state index contributed by atoms with van der Waals surface area (Å²) in [6.45, 7) is 7.77. The quantitative estimate of drug-likeness (QED) is 0.166. The van der Waals surface area contributed by atoms with E-state index < -0.39 is 23.7 Å². The zero-order valence-electron chi connectivity index (χ0n) is 34.7. The van der Waals surface area contributed by atoms with Crippen molar-refractivity contribution in [3.63, 3.8) is 0 Å². The maximum absolute atomic E-state index is 14.6. The van der Waals surface area contributed by atoms with Crippen LogP contribution in [-0.4, -0.2) is 95.3 Å². The summed E-state index contributed by atoms with van der Waals surface area (Å²) in [6, 6.07) is 4.97. The van der Waals surface area contributed by atoms with Gasteiger partial charge in [-0.05, 0) is 63.8 Å². The first-order valence-electron chi connectivity index (χ1n) is 20.3. The molecule has 24 heteroatoms. The Morgan fingerprint density at radius 3 is 2.18 bits per heavy atom. The van der Waals surface area contributed by atoms with Gasteiger partial charge in [-0.1, -0.05) is 5.21 Å². The minimum absolute atomic E-state index is 0.0370. The molecular weight excluding hydrogens is 879 g/mol. The first kappa shape index (κ1) is 41.9. The van der Waals surface area contributed by atoms with E-state index in [0.29, 0.717) is 49.1 Å². The fourth-order valence-corrected chi connectivity index (χ4v) is 9.01. The summed E-state index contributed by atoms with van der Waals surface area (Å²) >= 11 is 1.33. The number of hydrogen-bond donors (Lipinski definition) is 1. The van der Waals surface area contributed by atoms with Crippen molar-refractivity contribution in [2.45, 2.75) is 70.5 Å². The van der Waals surface area contributed by atoms with E-state index in [9.17, 15) is 31.1 Å². The molecule has 0 aliphatic carbocycles. The van der Waals surface area contributed by atoms with Crippen LogP contribution in [0.4, 0.5) is 38.0 Å². The van der Waals surface area contributed by atoms with Gasteiger partial charge in [0.25, 0.3) is 5.91 Å². The molecule has 0 bridgehead atoms. The van der Waals surface area contributed by atoms with Gasteiger partial charge < -0.3 is 15.1 Å². The molecule has 17 nitrogen and oxygen atoms in total. The number of hydrogen-bond acceptors (Lipinski definition) is 14. The molecule has 0 aromatic carbocycles. The van der Waals surface area contributed by atoms with Gasteiger partial charge in [0.05, 0.1) is 35.2 Å². The molecule has 8 aromatic rings. The third-order valence-electron chi connectivity index (χ3n) is 11.1. The van der Waals surface area contributed by atoms with Crippen LogP contribution in [0.25, 0.3) is 44.9 Å². The topological polar surface area (TPSA) is 178 Å². The molecule has 0 radical (unpaired) electrons. The van der Waals surface area contributed by atoms with E-state index in [2.05, 4.69) is 50.5 Å². The maximum Gasteiger partial charge on any atom is 0.434 e. The van der Waals surface area contributed by atoms with Crippen LogP contribution in [0, 0.1) is 0 Å². The summed E-state index contributed by atoms with van der Waals surface area (Å²) < 4.78 is 88.3. The molecule has 1 fully saturated rings. The molecule has 10 heterocycles. The monoisotopic (exact) mass is 914 g/mol. The third-order valence-corrected chi connectivity index (χ3v) is 12.4. The highest BCUT2D eigenvalue weighted by atomic mass is 32.1. The Labute approximate surface area is 368 Å². The Morgan fingerprint density at radius 2 is 1.48 bits per heavy atom. The lowest BCUT2D eigenvalue weighted by Crippen LogP contribution is -2.48. The second-order valence-electron chi connectivity index (χ2n) is 16.6. The molecule has 8 aromatic heterocycles. The van der Waals surface area contributed by atoms with Crippen molar-refractivity contribution < 1.29 is 31.1 Å². The highest BCUT2D eigenvalue weighted by molar-refractivity contribution is 7.15. The number of rotatable bonds is 7. The molecule has 1 saturated heterocycles. The van der Waals surface area contributed by atoms with Gasteiger partial charge in [0, 0.05) is 61.9 Å². The van der Waals surface area contributed by atoms with Crippen LogP contribution >= 0.6 is 11.3 Å².